The van der Waals surface area contributed by atoms with Crippen LogP contribution in [0.1, 0.15) is 16.8 Å². The fraction of sp³-hybridized carbons (Fsp3) is 0.0435. The van der Waals surface area contributed by atoms with E-state index in [0.29, 0.717) is 33.2 Å². The lowest BCUT2D eigenvalue weighted by molar-refractivity contribution is 0.293. The lowest BCUT2D eigenvalue weighted by Crippen LogP contribution is -2.01. The van der Waals surface area contributed by atoms with Gasteiger partial charge >= 0.3 is 0 Å². The van der Waals surface area contributed by atoms with Gasteiger partial charge in [-0.1, -0.05) is 71.2 Å². The Hall–Kier alpha value is -2.59. The SMILES string of the molecule is Clc1cccc(COc2nc3ccccc3nc2C=Cc2ccc(Cl)cc2Cl)c1. The Bertz CT molecular complexity index is 1210. The third kappa shape index (κ3) is 4.88. The van der Waals surface area contributed by atoms with Gasteiger partial charge < -0.3 is 4.74 Å². The number of ether oxygens (including phenoxy) is 1. The average Bonchev–Trinajstić information content (AvgIpc) is 2.71. The van der Waals surface area contributed by atoms with Crippen LogP contribution in [0.2, 0.25) is 15.1 Å². The second kappa shape index (κ2) is 8.83. The van der Waals surface area contributed by atoms with Crippen molar-refractivity contribution in [2.24, 2.45) is 0 Å². The minimum atomic E-state index is 0.329. The van der Waals surface area contributed by atoms with Gasteiger partial charge in [0.25, 0.3) is 0 Å². The van der Waals surface area contributed by atoms with E-state index in [1.807, 2.05) is 66.7 Å². The zero-order valence-electron chi connectivity index (χ0n) is 15.1. The summed E-state index contributed by atoms with van der Waals surface area (Å²) in [4.78, 5) is 9.34. The first kappa shape index (κ1) is 19.7. The van der Waals surface area contributed by atoms with Crippen molar-refractivity contribution in [3.8, 4) is 5.88 Å². The predicted octanol–water partition coefficient (Wildman–Crippen LogP) is 7.34. The molecule has 0 saturated heterocycles. The molecule has 0 aliphatic rings. The molecular formula is C23H15Cl3N2O. The number of fused-ring (bicyclic) bond motifs is 1. The summed E-state index contributed by atoms with van der Waals surface area (Å²) < 4.78 is 5.99. The van der Waals surface area contributed by atoms with Crippen LogP contribution in [0.25, 0.3) is 23.2 Å². The van der Waals surface area contributed by atoms with E-state index in [9.17, 15) is 0 Å². The van der Waals surface area contributed by atoms with Crippen LogP contribution < -0.4 is 4.74 Å². The summed E-state index contributed by atoms with van der Waals surface area (Å²) in [6, 6.07) is 20.5. The van der Waals surface area contributed by atoms with Crippen LogP contribution in [-0.2, 0) is 6.61 Å². The van der Waals surface area contributed by atoms with Crippen LogP contribution in [0.5, 0.6) is 5.88 Å². The summed E-state index contributed by atoms with van der Waals surface area (Å²) in [7, 11) is 0. The number of rotatable bonds is 5. The summed E-state index contributed by atoms with van der Waals surface area (Å²) in [6.45, 7) is 0.329. The summed E-state index contributed by atoms with van der Waals surface area (Å²) in [6.07, 6.45) is 3.70. The first-order chi connectivity index (χ1) is 14.1. The summed E-state index contributed by atoms with van der Waals surface area (Å²) in [5.41, 5.74) is 3.92. The summed E-state index contributed by atoms with van der Waals surface area (Å²) >= 11 is 18.3. The normalized spacial score (nSPS) is 11.3. The van der Waals surface area contributed by atoms with Crippen LogP contribution >= 0.6 is 34.8 Å². The van der Waals surface area contributed by atoms with Gasteiger partial charge in [-0.25, -0.2) is 9.97 Å². The van der Waals surface area contributed by atoms with E-state index in [4.69, 9.17) is 44.5 Å². The summed E-state index contributed by atoms with van der Waals surface area (Å²) in [5.74, 6) is 0.435. The quantitative estimate of drug-likeness (QED) is 0.325. The maximum Gasteiger partial charge on any atom is 0.240 e. The first-order valence-corrected chi connectivity index (χ1v) is 9.99. The molecular weight excluding hydrogens is 427 g/mol. The third-order valence-electron chi connectivity index (χ3n) is 4.21. The fourth-order valence-electron chi connectivity index (χ4n) is 2.80. The zero-order valence-corrected chi connectivity index (χ0v) is 17.4. The number of para-hydroxylation sites is 2. The topological polar surface area (TPSA) is 35.0 Å². The number of hydrogen-bond acceptors (Lipinski definition) is 3. The number of halogens is 3. The van der Waals surface area contributed by atoms with Gasteiger partial charge in [0.05, 0.1) is 11.0 Å². The minimum absolute atomic E-state index is 0.329. The van der Waals surface area contributed by atoms with E-state index < -0.39 is 0 Å². The molecule has 0 N–H and O–H groups in total. The Labute approximate surface area is 183 Å². The van der Waals surface area contributed by atoms with Crippen molar-refractivity contribution in [3.63, 3.8) is 0 Å². The second-order valence-electron chi connectivity index (χ2n) is 6.32. The third-order valence-corrected chi connectivity index (χ3v) is 5.01. The van der Waals surface area contributed by atoms with Crippen molar-refractivity contribution in [3.05, 3.63) is 98.6 Å². The molecule has 0 radical (unpaired) electrons. The molecule has 4 rings (SSSR count). The lowest BCUT2D eigenvalue weighted by atomic mass is 10.2. The highest BCUT2D eigenvalue weighted by Crippen LogP contribution is 2.26. The van der Waals surface area contributed by atoms with Gasteiger partial charge in [-0.3, -0.25) is 0 Å². The molecule has 1 aromatic heterocycles. The molecule has 0 amide bonds. The predicted molar refractivity (Wildman–Crippen MR) is 121 cm³/mol. The van der Waals surface area contributed by atoms with Gasteiger partial charge in [0.2, 0.25) is 5.88 Å². The van der Waals surface area contributed by atoms with Gasteiger partial charge in [0.15, 0.2) is 0 Å². The number of benzene rings is 3. The molecule has 3 aromatic carbocycles. The number of nitrogens with zero attached hydrogens (tertiary/aromatic N) is 2. The van der Waals surface area contributed by atoms with Crippen LogP contribution in [0.4, 0.5) is 0 Å². The number of aromatic nitrogens is 2. The van der Waals surface area contributed by atoms with Crippen LogP contribution in [-0.4, -0.2) is 9.97 Å². The Morgan fingerprint density at radius 3 is 2.28 bits per heavy atom. The van der Waals surface area contributed by atoms with Gasteiger partial charge in [0, 0.05) is 15.1 Å². The molecule has 0 aliphatic carbocycles. The molecule has 6 heteroatoms. The molecule has 0 aliphatic heterocycles. The highest BCUT2D eigenvalue weighted by Gasteiger charge is 2.09. The van der Waals surface area contributed by atoms with Crippen molar-refractivity contribution in [1.82, 2.24) is 9.97 Å². The van der Waals surface area contributed by atoms with Gasteiger partial charge in [-0.2, -0.15) is 0 Å². The second-order valence-corrected chi connectivity index (χ2v) is 7.60. The monoisotopic (exact) mass is 440 g/mol. The maximum atomic E-state index is 6.27. The van der Waals surface area contributed by atoms with E-state index in [1.54, 1.807) is 12.1 Å². The van der Waals surface area contributed by atoms with Crippen molar-refractivity contribution >= 4 is 58.0 Å². The Kier molecular flexibility index (Phi) is 6.00. The van der Waals surface area contributed by atoms with Crippen LogP contribution in [0.3, 0.4) is 0 Å². The van der Waals surface area contributed by atoms with Gasteiger partial charge in [-0.15, -0.1) is 0 Å². The van der Waals surface area contributed by atoms with E-state index in [2.05, 4.69) is 4.98 Å². The molecule has 0 fully saturated rings. The maximum absolute atomic E-state index is 6.27. The highest BCUT2D eigenvalue weighted by molar-refractivity contribution is 6.35. The van der Waals surface area contributed by atoms with Crippen LogP contribution in [0.15, 0.2) is 66.7 Å². The largest absolute Gasteiger partial charge is 0.471 e. The van der Waals surface area contributed by atoms with Crippen LogP contribution in [0, 0.1) is 0 Å². The fourth-order valence-corrected chi connectivity index (χ4v) is 3.48. The zero-order chi connectivity index (χ0) is 20.2. The Balaban J connectivity index is 1.68. The van der Waals surface area contributed by atoms with Gasteiger partial charge in [0.1, 0.15) is 12.3 Å². The van der Waals surface area contributed by atoms with Crippen molar-refractivity contribution in [1.29, 1.82) is 0 Å². The van der Waals surface area contributed by atoms with E-state index in [1.165, 1.54) is 0 Å². The molecule has 1 heterocycles. The Morgan fingerprint density at radius 2 is 1.52 bits per heavy atom. The molecule has 4 aromatic rings. The van der Waals surface area contributed by atoms with Gasteiger partial charge in [-0.05, 0) is 53.6 Å². The van der Waals surface area contributed by atoms with E-state index >= 15 is 0 Å². The molecule has 3 nitrogen and oxygen atoms in total. The Morgan fingerprint density at radius 1 is 0.759 bits per heavy atom. The standard InChI is InChI=1S/C23H15Cl3N2O/c24-17-5-3-4-15(12-17)14-29-23-22(27-20-6-1-2-7-21(20)28-23)11-9-16-8-10-18(25)13-19(16)26/h1-13H,14H2. The van der Waals surface area contributed by atoms with Crippen molar-refractivity contribution < 1.29 is 4.74 Å². The smallest absolute Gasteiger partial charge is 0.240 e. The van der Waals surface area contributed by atoms with E-state index in [-0.39, 0.29) is 0 Å². The molecule has 144 valence electrons. The summed E-state index contributed by atoms with van der Waals surface area (Å²) in [5, 5.41) is 1.81. The highest BCUT2D eigenvalue weighted by atomic mass is 35.5. The van der Waals surface area contributed by atoms with Crippen molar-refractivity contribution in [2.75, 3.05) is 0 Å². The number of hydrogen-bond donors (Lipinski definition) is 0. The molecule has 0 unspecified atom stereocenters. The van der Waals surface area contributed by atoms with E-state index in [0.717, 1.165) is 22.2 Å². The molecule has 0 saturated carbocycles. The first-order valence-electron chi connectivity index (χ1n) is 8.86. The molecule has 29 heavy (non-hydrogen) atoms. The molecule has 0 bridgehead atoms. The minimum Gasteiger partial charge on any atom is -0.471 e. The molecule has 0 atom stereocenters. The average molecular weight is 442 g/mol. The van der Waals surface area contributed by atoms with Crippen molar-refractivity contribution in [2.45, 2.75) is 6.61 Å². The lowest BCUT2D eigenvalue weighted by Gasteiger charge is -2.10. The molecule has 0 spiro atoms.